The number of hydrogen-bond acceptors (Lipinski definition) is 6. The fraction of sp³-hybridized carbons (Fsp3) is 0.385. The molecule has 176 valence electrons. The molecular formula is C26H29ClO6. The van der Waals surface area contributed by atoms with E-state index in [-0.39, 0.29) is 25.2 Å². The van der Waals surface area contributed by atoms with E-state index in [1.807, 2.05) is 36.4 Å². The zero-order chi connectivity index (χ0) is 24.0. The van der Waals surface area contributed by atoms with Gasteiger partial charge in [-0.05, 0) is 45.9 Å². The first-order valence-electron chi connectivity index (χ1n) is 11.1. The third-order valence-electron chi connectivity index (χ3n) is 5.22. The highest BCUT2D eigenvalue weighted by Crippen LogP contribution is 2.43. The van der Waals surface area contributed by atoms with Crippen molar-refractivity contribution in [2.45, 2.75) is 27.7 Å². The standard InChI is InChI=1S/C26H29ClO6/c1-5-30-25(28)16(3)14-32-23-19-9-7-8-10-20(19)24(22-13-18(27)11-12-21(22)23)33-15-17(4)26(29)31-6-2/h7-13,16-17H,5-6,14-15H2,1-4H3. The molecule has 2 atom stereocenters. The van der Waals surface area contributed by atoms with Gasteiger partial charge in [0.1, 0.15) is 24.7 Å². The van der Waals surface area contributed by atoms with Crippen molar-refractivity contribution >= 4 is 45.1 Å². The summed E-state index contributed by atoms with van der Waals surface area (Å²) in [7, 11) is 0. The molecule has 0 aliphatic heterocycles. The Bertz CT molecular complexity index is 1140. The van der Waals surface area contributed by atoms with Gasteiger partial charge in [-0.25, -0.2) is 0 Å². The second kappa shape index (κ2) is 11.2. The number of carbonyl (C=O) groups excluding carboxylic acids is 2. The lowest BCUT2D eigenvalue weighted by Gasteiger charge is -2.20. The van der Waals surface area contributed by atoms with Crippen molar-refractivity contribution in [3.8, 4) is 11.5 Å². The molecule has 0 aliphatic rings. The largest absolute Gasteiger partial charge is 0.491 e. The molecular weight excluding hydrogens is 444 g/mol. The number of carbonyl (C=O) groups is 2. The second-order valence-electron chi connectivity index (χ2n) is 7.82. The number of esters is 2. The van der Waals surface area contributed by atoms with Crippen molar-refractivity contribution < 1.29 is 28.5 Å². The molecule has 0 fully saturated rings. The first-order valence-corrected chi connectivity index (χ1v) is 11.5. The lowest BCUT2D eigenvalue weighted by atomic mass is 10.00. The second-order valence-corrected chi connectivity index (χ2v) is 8.26. The van der Waals surface area contributed by atoms with Crippen molar-refractivity contribution in [3.63, 3.8) is 0 Å². The average molecular weight is 473 g/mol. The average Bonchev–Trinajstić information content (AvgIpc) is 2.81. The molecule has 0 saturated carbocycles. The fourth-order valence-electron chi connectivity index (χ4n) is 3.50. The van der Waals surface area contributed by atoms with E-state index in [4.69, 9.17) is 30.5 Å². The van der Waals surface area contributed by atoms with Crippen molar-refractivity contribution in [1.82, 2.24) is 0 Å². The molecule has 0 aliphatic carbocycles. The van der Waals surface area contributed by atoms with Crippen LogP contribution in [-0.4, -0.2) is 38.4 Å². The van der Waals surface area contributed by atoms with E-state index in [1.165, 1.54) is 0 Å². The minimum absolute atomic E-state index is 0.157. The number of ether oxygens (including phenoxy) is 4. The van der Waals surface area contributed by atoms with E-state index in [0.29, 0.717) is 29.7 Å². The van der Waals surface area contributed by atoms with Gasteiger partial charge in [-0.2, -0.15) is 0 Å². The van der Waals surface area contributed by atoms with Gasteiger partial charge in [0.2, 0.25) is 0 Å². The minimum Gasteiger partial charge on any atom is -0.491 e. The predicted octanol–water partition coefficient (Wildman–Crippen LogP) is 5.80. The molecule has 0 radical (unpaired) electrons. The Kier molecular flexibility index (Phi) is 8.39. The van der Waals surface area contributed by atoms with Crippen molar-refractivity contribution in [3.05, 3.63) is 47.5 Å². The summed E-state index contributed by atoms with van der Waals surface area (Å²) in [6, 6.07) is 13.2. The summed E-state index contributed by atoms with van der Waals surface area (Å²) in [5.41, 5.74) is 0. The van der Waals surface area contributed by atoms with Crippen LogP contribution in [0.5, 0.6) is 11.5 Å². The summed E-state index contributed by atoms with van der Waals surface area (Å²) < 4.78 is 22.6. The Morgan fingerprint density at radius 1 is 0.758 bits per heavy atom. The van der Waals surface area contributed by atoms with Crippen LogP contribution in [0.2, 0.25) is 5.02 Å². The predicted molar refractivity (Wildman–Crippen MR) is 129 cm³/mol. The Balaban J connectivity index is 2.04. The van der Waals surface area contributed by atoms with E-state index >= 15 is 0 Å². The summed E-state index contributed by atoms with van der Waals surface area (Å²) in [6.07, 6.45) is 0. The SMILES string of the molecule is CCOC(=O)C(C)COc1c2ccccc2c(OCC(C)C(=O)OCC)c2cc(Cl)ccc12. The van der Waals surface area contributed by atoms with Crippen LogP contribution in [0.15, 0.2) is 42.5 Å². The number of halogens is 1. The normalized spacial score (nSPS) is 12.9. The van der Waals surface area contributed by atoms with E-state index in [1.54, 1.807) is 33.8 Å². The van der Waals surface area contributed by atoms with Crippen molar-refractivity contribution in [2.75, 3.05) is 26.4 Å². The van der Waals surface area contributed by atoms with Crippen LogP contribution in [-0.2, 0) is 19.1 Å². The molecule has 6 nitrogen and oxygen atoms in total. The number of benzene rings is 3. The monoisotopic (exact) mass is 472 g/mol. The molecule has 0 aromatic heterocycles. The van der Waals surface area contributed by atoms with Gasteiger partial charge in [0.25, 0.3) is 0 Å². The molecule has 3 aromatic carbocycles. The highest BCUT2D eigenvalue weighted by molar-refractivity contribution is 6.31. The van der Waals surface area contributed by atoms with Gasteiger partial charge in [-0.15, -0.1) is 0 Å². The van der Waals surface area contributed by atoms with Gasteiger partial charge in [0, 0.05) is 26.6 Å². The first kappa shape index (κ1) is 24.6. The molecule has 2 unspecified atom stereocenters. The summed E-state index contributed by atoms with van der Waals surface area (Å²) in [4.78, 5) is 24.1. The maximum absolute atomic E-state index is 12.1. The molecule has 0 saturated heterocycles. The quantitative estimate of drug-likeness (QED) is 0.274. The first-order chi connectivity index (χ1) is 15.9. The van der Waals surface area contributed by atoms with E-state index in [9.17, 15) is 9.59 Å². The van der Waals surface area contributed by atoms with Crippen molar-refractivity contribution in [1.29, 1.82) is 0 Å². The molecule has 0 N–H and O–H groups in total. The minimum atomic E-state index is -0.431. The summed E-state index contributed by atoms with van der Waals surface area (Å²) in [5.74, 6) is -0.213. The van der Waals surface area contributed by atoms with E-state index in [0.717, 1.165) is 21.5 Å². The number of rotatable bonds is 10. The van der Waals surface area contributed by atoms with E-state index in [2.05, 4.69) is 0 Å². The fourth-order valence-corrected chi connectivity index (χ4v) is 3.68. The molecule has 7 heteroatoms. The van der Waals surface area contributed by atoms with E-state index < -0.39 is 11.8 Å². The van der Waals surface area contributed by atoms with Crippen LogP contribution in [0.3, 0.4) is 0 Å². The lowest BCUT2D eigenvalue weighted by Crippen LogP contribution is -2.22. The van der Waals surface area contributed by atoms with Gasteiger partial charge in [0.05, 0.1) is 25.0 Å². The lowest BCUT2D eigenvalue weighted by molar-refractivity contribution is -0.149. The van der Waals surface area contributed by atoms with Gasteiger partial charge in [0.15, 0.2) is 0 Å². The molecule has 0 amide bonds. The molecule has 3 aromatic rings. The van der Waals surface area contributed by atoms with Gasteiger partial charge >= 0.3 is 11.9 Å². The summed E-state index contributed by atoms with van der Waals surface area (Å²) >= 11 is 6.32. The Morgan fingerprint density at radius 3 is 1.70 bits per heavy atom. The highest BCUT2D eigenvalue weighted by Gasteiger charge is 2.21. The zero-order valence-electron chi connectivity index (χ0n) is 19.4. The van der Waals surface area contributed by atoms with Crippen LogP contribution in [0.25, 0.3) is 21.5 Å². The molecule has 3 rings (SSSR count). The maximum atomic E-state index is 12.1. The molecule has 33 heavy (non-hydrogen) atoms. The summed E-state index contributed by atoms with van der Waals surface area (Å²) in [5, 5.41) is 3.76. The zero-order valence-corrected chi connectivity index (χ0v) is 20.1. The number of hydrogen-bond donors (Lipinski definition) is 0. The molecule has 0 spiro atoms. The third kappa shape index (κ3) is 5.69. The van der Waals surface area contributed by atoms with Crippen LogP contribution in [0.1, 0.15) is 27.7 Å². The van der Waals surface area contributed by atoms with Crippen LogP contribution in [0.4, 0.5) is 0 Å². The molecule has 0 heterocycles. The Morgan fingerprint density at radius 2 is 1.21 bits per heavy atom. The van der Waals surface area contributed by atoms with Crippen LogP contribution in [0, 0.1) is 11.8 Å². The smallest absolute Gasteiger partial charge is 0.312 e. The van der Waals surface area contributed by atoms with Gasteiger partial charge in [-0.3, -0.25) is 9.59 Å². The maximum Gasteiger partial charge on any atom is 0.312 e. The Labute approximate surface area is 198 Å². The Hall–Kier alpha value is -2.99. The van der Waals surface area contributed by atoms with Crippen molar-refractivity contribution in [2.24, 2.45) is 11.8 Å². The third-order valence-corrected chi connectivity index (χ3v) is 5.46. The topological polar surface area (TPSA) is 71.1 Å². The van der Waals surface area contributed by atoms with Gasteiger partial charge < -0.3 is 18.9 Å². The molecule has 0 bridgehead atoms. The van der Waals surface area contributed by atoms with Gasteiger partial charge in [-0.1, -0.05) is 35.9 Å². The summed E-state index contributed by atoms with van der Waals surface area (Å²) in [6.45, 7) is 8.06. The van der Waals surface area contributed by atoms with Crippen LogP contribution < -0.4 is 9.47 Å². The number of fused-ring (bicyclic) bond motifs is 2. The highest BCUT2D eigenvalue weighted by atomic mass is 35.5. The van der Waals surface area contributed by atoms with Crippen LogP contribution >= 0.6 is 11.6 Å².